The second kappa shape index (κ2) is 5.48. The van der Waals surface area contributed by atoms with E-state index in [2.05, 4.69) is 0 Å². The zero-order valence-electron chi connectivity index (χ0n) is 9.24. The van der Waals surface area contributed by atoms with Crippen LogP contribution in [0, 0.1) is 12.7 Å². The van der Waals surface area contributed by atoms with Crippen molar-refractivity contribution in [2.75, 3.05) is 25.2 Å². The molecule has 5 heteroatoms. The second-order valence-corrected chi connectivity index (χ2v) is 4.09. The Morgan fingerprint density at radius 1 is 1.38 bits per heavy atom. The fourth-order valence-electron chi connectivity index (χ4n) is 1.41. The molecule has 0 aliphatic rings. The molecule has 0 amide bonds. The van der Waals surface area contributed by atoms with Crippen LogP contribution in [0.2, 0.25) is 5.02 Å². The molecule has 0 radical (unpaired) electrons. The fourth-order valence-corrected chi connectivity index (χ4v) is 1.76. The Labute approximate surface area is 99.1 Å². The van der Waals surface area contributed by atoms with Crippen LogP contribution in [0.4, 0.5) is 10.1 Å². The molecule has 16 heavy (non-hydrogen) atoms. The summed E-state index contributed by atoms with van der Waals surface area (Å²) in [7, 11) is 1.65. The van der Waals surface area contributed by atoms with Crippen LogP contribution in [0.1, 0.15) is 5.56 Å². The van der Waals surface area contributed by atoms with Crippen LogP contribution < -0.4 is 4.90 Å². The Kier molecular flexibility index (Phi) is 4.53. The van der Waals surface area contributed by atoms with Gasteiger partial charge in [0.05, 0.1) is 30.0 Å². The highest BCUT2D eigenvalue weighted by Crippen LogP contribution is 2.28. The van der Waals surface area contributed by atoms with E-state index < -0.39 is 6.04 Å². The van der Waals surface area contributed by atoms with Crippen LogP contribution in [0.5, 0.6) is 0 Å². The lowest BCUT2D eigenvalue weighted by atomic mass is 10.1. The number of hydrogen-bond donors (Lipinski definition) is 2. The number of nitrogens with zero attached hydrogens (tertiary/aromatic N) is 1. The second-order valence-electron chi connectivity index (χ2n) is 3.68. The Hall–Kier alpha value is -0.840. The lowest BCUT2D eigenvalue weighted by molar-refractivity contribution is 0.190. The summed E-state index contributed by atoms with van der Waals surface area (Å²) in [6.07, 6.45) is 0. The molecule has 0 heterocycles. The highest BCUT2D eigenvalue weighted by molar-refractivity contribution is 6.33. The third-order valence-electron chi connectivity index (χ3n) is 2.58. The van der Waals surface area contributed by atoms with Gasteiger partial charge in [0.15, 0.2) is 0 Å². The predicted molar refractivity (Wildman–Crippen MR) is 62.5 cm³/mol. The molecule has 2 N–H and O–H groups in total. The van der Waals surface area contributed by atoms with E-state index in [9.17, 15) is 4.39 Å². The molecule has 1 aromatic rings. The van der Waals surface area contributed by atoms with Crippen LogP contribution in [-0.4, -0.2) is 36.5 Å². The van der Waals surface area contributed by atoms with Gasteiger partial charge in [0.25, 0.3) is 0 Å². The van der Waals surface area contributed by atoms with E-state index in [-0.39, 0.29) is 19.0 Å². The van der Waals surface area contributed by atoms with Gasteiger partial charge in [0.2, 0.25) is 0 Å². The molecule has 90 valence electrons. The first kappa shape index (κ1) is 13.2. The molecule has 0 fully saturated rings. The third kappa shape index (κ3) is 2.64. The van der Waals surface area contributed by atoms with Crippen molar-refractivity contribution in [2.24, 2.45) is 0 Å². The average Bonchev–Trinajstić information content (AvgIpc) is 2.25. The van der Waals surface area contributed by atoms with Gasteiger partial charge >= 0.3 is 0 Å². The number of aryl methyl sites for hydroxylation is 1. The van der Waals surface area contributed by atoms with Crippen LogP contribution in [0.25, 0.3) is 0 Å². The summed E-state index contributed by atoms with van der Waals surface area (Å²) in [4.78, 5) is 1.56. The van der Waals surface area contributed by atoms with E-state index in [1.54, 1.807) is 18.9 Å². The van der Waals surface area contributed by atoms with Crippen molar-refractivity contribution in [1.82, 2.24) is 0 Å². The SMILES string of the molecule is Cc1cc(Cl)c(N(C)C(CO)CO)cc1F. The molecule has 0 aromatic heterocycles. The average molecular weight is 248 g/mol. The summed E-state index contributed by atoms with van der Waals surface area (Å²) >= 11 is 5.98. The first-order chi connectivity index (χ1) is 7.51. The van der Waals surface area contributed by atoms with Gasteiger partial charge in [-0.15, -0.1) is 0 Å². The van der Waals surface area contributed by atoms with Gasteiger partial charge in [-0.3, -0.25) is 0 Å². The van der Waals surface area contributed by atoms with Crippen LogP contribution in [-0.2, 0) is 0 Å². The maximum Gasteiger partial charge on any atom is 0.128 e. The summed E-state index contributed by atoms with van der Waals surface area (Å²) in [6.45, 7) is 1.18. The Morgan fingerprint density at radius 2 is 1.94 bits per heavy atom. The Bertz CT molecular complexity index is 369. The molecule has 0 bridgehead atoms. The van der Waals surface area contributed by atoms with Gasteiger partial charge in [0, 0.05) is 7.05 Å². The number of halogens is 2. The minimum Gasteiger partial charge on any atom is -0.394 e. The predicted octanol–water partition coefficient (Wildman–Crippen LogP) is 1.58. The fraction of sp³-hybridized carbons (Fsp3) is 0.455. The minimum atomic E-state index is -0.486. The molecular weight excluding hydrogens is 233 g/mol. The van der Waals surface area contributed by atoms with Crippen molar-refractivity contribution in [1.29, 1.82) is 0 Å². The van der Waals surface area contributed by atoms with Gasteiger partial charge in [0.1, 0.15) is 5.82 Å². The van der Waals surface area contributed by atoms with Crippen LogP contribution >= 0.6 is 11.6 Å². The molecule has 0 saturated carbocycles. The molecule has 0 aliphatic carbocycles. The number of aliphatic hydroxyl groups excluding tert-OH is 2. The number of hydrogen-bond acceptors (Lipinski definition) is 3. The monoisotopic (exact) mass is 247 g/mol. The molecule has 1 aromatic carbocycles. The minimum absolute atomic E-state index is 0.223. The number of aliphatic hydroxyl groups is 2. The zero-order chi connectivity index (χ0) is 12.3. The summed E-state index contributed by atoms with van der Waals surface area (Å²) in [6, 6.07) is 2.34. The maximum atomic E-state index is 13.4. The van der Waals surface area contributed by atoms with Crippen molar-refractivity contribution < 1.29 is 14.6 Å². The first-order valence-corrected chi connectivity index (χ1v) is 5.29. The molecular formula is C11H15ClFNO2. The number of likely N-dealkylation sites (N-methyl/N-ethyl adjacent to an activating group) is 1. The Morgan fingerprint density at radius 3 is 2.44 bits per heavy atom. The number of benzene rings is 1. The highest BCUT2D eigenvalue weighted by atomic mass is 35.5. The summed E-state index contributed by atoms with van der Waals surface area (Å²) in [5.74, 6) is -0.360. The van der Waals surface area contributed by atoms with E-state index in [1.165, 1.54) is 12.1 Å². The lowest BCUT2D eigenvalue weighted by Crippen LogP contribution is -2.38. The topological polar surface area (TPSA) is 43.7 Å². The zero-order valence-corrected chi connectivity index (χ0v) is 10.00. The van der Waals surface area contributed by atoms with E-state index in [4.69, 9.17) is 21.8 Å². The van der Waals surface area contributed by atoms with Gasteiger partial charge < -0.3 is 15.1 Å². The summed E-state index contributed by atoms with van der Waals surface area (Å²) in [5, 5.41) is 18.5. The summed E-state index contributed by atoms with van der Waals surface area (Å²) in [5.41, 5.74) is 0.921. The van der Waals surface area contributed by atoms with E-state index >= 15 is 0 Å². The van der Waals surface area contributed by atoms with Crippen molar-refractivity contribution in [3.8, 4) is 0 Å². The highest BCUT2D eigenvalue weighted by Gasteiger charge is 2.17. The van der Waals surface area contributed by atoms with Gasteiger partial charge in [-0.1, -0.05) is 11.6 Å². The van der Waals surface area contributed by atoms with E-state index in [0.717, 1.165) is 0 Å². The molecule has 1 rings (SSSR count). The standard InChI is InChI=1S/C11H15ClFNO2/c1-7-3-9(12)11(4-10(7)13)14(2)8(5-15)6-16/h3-4,8,15-16H,5-6H2,1-2H3. The maximum absolute atomic E-state index is 13.4. The first-order valence-electron chi connectivity index (χ1n) is 4.91. The number of rotatable bonds is 4. The molecule has 0 saturated heterocycles. The molecule has 0 atom stereocenters. The normalized spacial score (nSPS) is 10.9. The quantitative estimate of drug-likeness (QED) is 0.849. The van der Waals surface area contributed by atoms with Crippen molar-refractivity contribution >= 4 is 17.3 Å². The smallest absolute Gasteiger partial charge is 0.128 e. The van der Waals surface area contributed by atoms with Gasteiger partial charge in [-0.2, -0.15) is 0 Å². The van der Waals surface area contributed by atoms with E-state index in [1.807, 2.05) is 0 Å². The summed E-state index contributed by atoms with van der Waals surface area (Å²) < 4.78 is 13.4. The van der Waals surface area contributed by atoms with Crippen LogP contribution in [0.3, 0.4) is 0 Å². The van der Waals surface area contributed by atoms with E-state index in [0.29, 0.717) is 16.3 Å². The number of anilines is 1. The molecule has 0 spiro atoms. The van der Waals surface area contributed by atoms with Crippen molar-refractivity contribution in [3.05, 3.63) is 28.5 Å². The Balaban J connectivity index is 3.07. The largest absolute Gasteiger partial charge is 0.394 e. The molecule has 0 aliphatic heterocycles. The van der Waals surface area contributed by atoms with Crippen LogP contribution in [0.15, 0.2) is 12.1 Å². The van der Waals surface area contributed by atoms with Crippen molar-refractivity contribution in [2.45, 2.75) is 13.0 Å². The third-order valence-corrected chi connectivity index (χ3v) is 2.88. The van der Waals surface area contributed by atoms with Gasteiger partial charge in [-0.25, -0.2) is 4.39 Å². The molecule has 0 unspecified atom stereocenters. The van der Waals surface area contributed by atoms with Gasteiger partial charge in [-0.05, 0) is 24.6 Å². The van der Waals surface area contributed by atoms with Crippen molar-refractivity contribution in [3.63, 3.8) is 0 Å². The molecule has 3 nitrogen and oxygen atoms in total. The lowest BCUT2D eigenvalue weighted by Gasteiger charge is -2.28.